The van der Waals surface area contributed by atoms with E-state index in [0.29, 0.717) is 32.7 Å². The number of hydrogen-bond donors (Lipinski definition) is 3. The van der Waals surface area contributed by atoms with Crippen LogP contribution in [0, 0.1) is 13.8 Å². The molecule has 212 valence electrons. The summed E-state index contributed by atoms with van der Waals surface area (Å²) in [5, 5.41) is 5.57. The number of thiophene rings is 1. The fraction of sp³-hybridized carbons (Fsp3) is 0.267. The Kier molecular flexibility index (Phi) is 8.18. The van der Waals surface area contributed by atoms with E-state index in [-0.39, 0.29) is 11.3 Å². The van der Waals surface area contributed by atoms with Gasteiger partial charge in [0.25, 0.3) is 5.91 Å². The third kappa shape index (κ3) is 5.73. The van der Waals surface area contributed by atoms with Crippen LogP contribution < -0.4 is 21.1 Å². The van der Waals surface area contributed by atoms with Crippen molar-refractivity contribution >= 4 is 62.3 Å². The summed E-state index contributed by atoms with van der Waals surface area (Å²) in [5.41, 5.74) is 11.2. The molecule has 2 aromatic carbocycles. The molecular formula is C30H30N4O5S2. The number of hydrogen-bond acceptors (Lipinski definition) is 9. The Hall–Kier alpha value is -4.09. The van der Waals surface area contributed by atoms with Crippen LogP contribution in [0.2, 0.25) is 0 Å². The standard InChI is InChI=1S/C30H30N4O5S2/c1-15-11-12-20(16(2)13-15)33-29-23(26(35)32-17-7-5-8-18(14-17)38-3)24(31)25(41-29)27(36)34-28-22(30(37)39-4)19-9-6-10-21(19)40-28/h5,7-8,11-14,25H,6,9-10,31H2,1-4H3,(H,32,35)(H,34,36)/t25-/m0/s1. The zero-order valence-electron chi connectivity index (χ0n) is 23.1. The molecule has 0 fully saturated rings. The monoisotopic (exact) mass is 590 g/mol. The number of methoxy groups -OCH3 is 2. The van der Waals surface area contributed by atoms with Crippen LogP contribution in [0.25, 0.3) is 0 Å². The van der Waals surface area contributed by atoms with Crippen molar-refractivity contribution in [2.45, 2.75) is 38.4 Å². The van der Waals surface area contributed by atoms with Gasteiger partial charge in [-0.15, -0.1) is 11.3 Å². The smallest absolute Gasteiger partial charge is 0.341 e. The van der Waals surface area contributed by atoms with Crippen LogP contribution in [0.4, 0.5) is 16.4 Å². The summed E-state index contributed by atoms with van der Waals surface area (Å²) in [7, 11) is 2.87. The van der Waals surface area contributed by atoms with Gasteiger partial charge in [0.05, 0.1) is 31.0 Å². The van der Waals surface area contributed by atoms with Gasteiger partial charge in [-0.2, -0.15) is 0 Å². The van der Waals surface area contributed by atoms with Gasteiger partial charge in [-0.1, -0.05) is 35.5 Å². The molecule has 0 saturated carbocycles. The van der Waals surface area contributed by atoms with E-state index in [1.54, 1.807) is 31.4 Å². The summed E-state index contributed by atoms with van der Waals surface area (Å²) in [5.74, 6) is -0.850. The van der Waals surface area contributed by atoms with Crippen molar-refractivity contribution in [2.75, 3.05) is 24.9 Å². The molecule has 3 aromatic rings. The van der Waals surface area contributed by atoms with E-state index in [9.17, 15) is 14.4 Å². The van der Waals surface area contributed by atoms with E-state index in [1.165, 1.54) is 18.4 Å². The molecule has 2 heterocycles. The first-order valence-corrected chi connectivity index (χ1v) is 14.7. The van der Waals surface area contributed by atoms with Crippen LogP contribution in [0.15, 0.2) is 58.7 Å². The summed E-state index contributed by atoms with van der Waals surface area (Å²) < 4.78 is 10.3. The topological polar surface area (TPSA) is 132 Å². The number of fused-ring (bicyclic) bond motifs is 1. The number of anilines is 2. The van der Waals surface area contributed by atoms with Crippen LogP contribution in [-0.4, -0.2) is 42.3 Å². The largest absolute Gasteiger partial charge is 0.497 e. The Labute approximate surface area is 246 Å². The van der Waals surface area contributed by atoms with Crippen LogP contribution in [0.3, 0.4) is 0 Å². The number of aliphatic imine (C=N–C) groups is 1. The third-order valence-corrected chi connectivity index (χ3v) is 9.36. The summed E-state index contributed by atoms with van der Waals surface area (Å²) >= 11 is 2.48. The summed E-state index contributed by atoms with van der Waals surface area (Å²) in [6.07, 6.45) is 2.56. The predicted octanol–water partition coefficient (Wildman–Crippen LogP) is 5.28. The Morgan fingerprint density at radius 1 is 1.05 bits per heavy atom. The van der Waals surface area contributed by atoms with Crippen molar-refractivity contribution in [1.82, 2.24) is 0 Å². The maximum atomic E-state index is 13.6. The zero-order valence-corrected chi connectivity index (χ0v) is 24.8. The number of ether oxygens (including phenoxy) is 2. The normalized spacial score (nSPS) is 17.0. The van der Waals surface area contributed by atoms with E-state index in [0.717, 1.165) is 52.6 Å². The number of carbonyl (C=O) groups is 3. The molecule has 0 bridgehead atoms. The average molecular weight is 591 g/mol. The maximum Gasteiger partial charge on any atom is 0.341 e. The minimum Gasteiger partial charge on any atom is -0.497 e. The molecule has 0 radical (unpaired) electrons. The second-order valence-electron chi connectivity index (χ2n) is 9.76. The maximum absolute atomic E-state index is 13.6. The molecular weight excluding hydrogens is 560 g/mol. The summed E-state index contributed by atoms with van der Waals surface area (Å²) in [6.45, 7) is 3.92. The Bertz CT molecular complexity index is 1620. The van der Waals surface area contributed by atoms with Crippen LogP contribution in [0.5, 0.6) is 5.75 Å². The zero-order chi connectivity index (χ0) is 29.3. The fourth-order valence-electron chi connectivity index (χ4n) is 4.92. The molecule has 0 saturated heterocycles. The van der Waals surface area contributed by atoms with Crippen molar-refractivity contribution in [3.8, 4) is 5.75 Å². The SMILES string of the molecule is COC(=O)c1c(NC(=O)[C@H]2SC(=Nc3ccc(C)cc3C)C(C(=O)Nc3cccc(OC)c3)=C2N)sc2c1CCC2. The van der Waals surface area contributed by atoms with Crippen molar-refractivity contribution in [3.63, 3.8) is 0 Å². The van der Waals surface area contributed by atoms with Crippen LogP contribution in [-0.2, 0) is 27.2 Å². The van der Waals surface area contributed by atoms with Gasteiger partial charge in [-0.25, -0.2) is 9.79 Å². The van der Waals surface area contributed by atoms with Gasteiger partial charge >= 0.3 is 5.97 Å². The molecule has 0 spiro atoms. The van der Waals surface area contributed by atoms with Gasteiger partial charge in [0.1, 0.15) is 21.0 Å². The molecule has 11 heteroatoms. The fourth-order valence-corrected chi connectivity index (χ4v) is 7.31. The number of esters is 1. The van der Waals surface area contributed by atoms with Crippen molar-refractivity contribution in [3.05, 3.63) is 80.9 Å². The second-order valence-corrected chi connectivity index (χ2v) is 12.0. The molecule has 1 aliphatic carbocycles. The van der Waals surface area contributed by atoms with E-state index >= 15 is 0 Å². The van der Waals surface area contributed by atoms with Crippen molar-refractivity contribution in [2.24, 2.45) is 10.7 Å². The van der Waals surface area contributed by atoms with E-state index in [4.69, 9.17) is 20.2 Å². The first-order valence-electron chi connectivity index (χ1n) is 13.0. The summed E-state index contributed by atoms with van der Waals surface area (Å²) in [6, 6.07) is 12.7. The molecule has 1 aliphatic heterocycles. The van der Waals surface area contributed by atoms with Crippen molar-refractivity contribution in [1.29, 1.82) is 0 Å². The van der Waals surface area contributed by atoms with Gasteiger partial charge in [-0.3, -0.25) is 9.59 Å². The third-order valence-electron chi connectivity index (χ3n) is 6.93. The Morgan fingerprint density at radius 2 is 1.85 bits per heavy atom. The molecule has 9 nitrogen and oxygen atoms in total. The highest BCUT2D eigenvalue weighted by atomic mass is 32.2. The van der Waals surface area contributed by atoms with Crippen molar-refractivity contribution < 1.29 is 23.9 Å². The molecule has 2 aliphatic rings. The number of rotatable bonds is 7. The van der Waals surface area contributed by atoms with Gasteiger partial charge in [-0.05, 0) is 62.4 Å². The number of thioether (sulfide) groups is 1. The molecule has 5 rings (SSSR count). The lowest BCUT2D eigenvalue weighted by Crippen LogP contribution is -2.29. The number of benzene rings is 2. The number of carbonyl (C=O) groups excluding carboxylic acids is 3. The van der Waals surface area contributed by atoms with Gasteiger partial charge in [0.2, 0.25) is 5.91 Å². The van der Waals surface area contributed by atoms with E-state index in [2.05, 4.69) is 10.6 Å². The predicted molar refractivity (Wildman–Crippen MR) is 164 cm³/mol. The van der Waals surface area contributed by atoms with Gasteiger partial charge in [0, 0.05) is 22.3 Å². The molecule has 2 amide bonds. The minimum absolute atomic E-state index is 0.0835. The molecule has 1 aromatic heterocycles. The summed E-state index contributed by atoms with van der Waals surface area (Å²) in [4.78, 5) is 45.7. The highest BCUT2D eigenvalue weighted by Crippen LogP contribution is 2.41. The Balaban J connectivity index is 1.49. The molecule has 1 atom stereocenters. The molecule has 41 heavy (non-hydrogen) atoms. The number of nitrogens with one attached hydrogen (secondary N) is 2. The van der Waals surface area contributed by atoms with Crippen LogP contribution in [0.1, 0.15) is 38.3 Å². The number of amides is 2. The Morgan fingerprint density at radius 3 is 2.59 bits per heavy atom. The second kappa shape index (κ2) is 11.8. The molecule has 0 unspecified atom stereocenters. The minimum atomic E-state index is -0.937. The number of aryl methyl sites for hydroxylation is 3. The highest BCUT2D eigenvalue weighted by Gasteiger charge is 2.39. The van der Waals surface area contributed by atoms with E-state index in [1.807, 2.05) is 32.0 Å². The number of nitrogens with two attached hydrogens (primary N) is 1. The number of nitrogens with zero attached hydrogens (tertiary/aromatic N) is 1. The lowest BCUT2D eigenvalue weighted by molar-refractivity contribution is -0.115. The highest BCUT2D eigenvalue weighted by molar-refractivity contribution is 8.16. The first-order chi connectivity index (χ1) is 19.7. The lowest BCUT2D eigenvalue weighted by Gasteiger charge is -2.12. The van der Waals surface area contributed by atoms with E-state index < -0.39 is 23.0 Å². The van der Waals surface area contributed by atoms with Gasteiger partial charge in [0.15, 0.2) is 0 Å². The van der Waals surface area contributed by atoms with Gasteiger partial charge < -0.3 is 25.8 Å². The lowest BCUT2D eigenvalue weighted by atomic mass is 10.1. The quantitative estimate of drug-likeness (QED) is 0.319. The first kappa shape index (κ1) is 28.4. The average Bonchev–Trinajstić information content (AvgIpc) is 3.62. The van der Waals surface area contributed by atoms with Crippen LogP contribution >= 0.6 is 23.1 Å². The molecule has 4 N–H and O–H groups in total.